The van der Waals surface area contributed by atoms with Gasteiger partial charge in [0.1, 0.15) is 11.5 Å². The fourth-order valence-electron chi connectivity index (χ4n) is 4.65. The summed E-state index contributed by atoms with van der Waals surface area (Å²) in [5.74, 6) is 0.193. The van der Waals surface area contributed by atoms with Gasteiger partial charge in [-0.15, -0.1) is 0 Å². The number of carbonyl (C=O) groups is 2. The molecule has 1 atom stereocenters. The van der Waals surface area contributed by atoms with Gasteiger partial charge < -0.3 is 23.7 Å². The molecule has 1 aliphatic heterocycles. The number of rotatable bonds is 8. The Labute approximate surface area is 238 Å². The molecule has 0 unspecified atom stereocenters. The van der Waals surface area contributed by atoms with Crippen molar-refractivity contribution in [2.45, 2.75) is 19.9 Å². The lowest BCUT2D eigenvalue weighted by Gasteiger charge is -2.25. The monoisotopic (exact) mass is 574 g/mol. The van der Waals surface area contributed by atoms with E-state index in [2.05, 4.69) is 4.99 Å². The quantitative estimate of drug-likeness (QED) is 0.315. The summed E-state index contributed by atoms with van der Waals surface area (Å²) in [4.78, 5) is 43.3. The van der Waals surface area contributed by atoms with Gasteiger partial charge in [-0.2, -0.15) is 0 Å². The van der Waals surface area contributed by atoms with Gasteiger partial charge in [0.05, 0.1) is 48.2 Å². The Morgan fingerprint density at radius 2 is 1.88 bits per heavy atom. The Morgan fingerprint density at radius 1 is 1.10 bits per heavy atom. The van der Waals surface area contributed by atoms with Crippen LogP contribution in [0.2, 0.25) is 0 Å². The summed E-state index contributed by atoms with van der Waals surface area (Å²) in [6, 6.07) is 14.2. The fourth-order valence-corrected chi connectivity index (χ4v) is 5.68. The first-order valence-corrected chi connectivity index (χ1v) is 13.4. The molecule has 3 heterocycles. The zero-order valence-corrected chi connectivity index (χ0v) is 23.5. The first-order valence-electron chi connectivity index (χ1n) is 12.6. The highest BCUT2D eigenvalue weighted by Crippen LogP contribution is 2.36. The van der Waals surface area contributed by atoms with E-state index in [9.17, 15) is 19.5 Å². The molecule has 210 valence electrons. The molecule has 0 fully saturated rings. The van der Waals surface area contributed by atoms with Crippen molar-refractivity contribution >= 4 is 29.4 Å². The molecule has 41 heavy (non-hydrogen) atoms. The molecule has 1 aliphatic rings. The van der Waals surface area contributed by atoms with Gasteiger partial charge in [0.25, 0.3) is 5.56 Å². The number of fused-ring (bicyclic) bond motifs is 1. The number of aromatic nitrogens is 1. The molecule has 0 saturated heterocycles. The minimum absolute atomic E-state index is 0.136. The average molecular weight is 575 g/mol. The molecular formula is C30H26N2O8S. The summed E-state index contributed by atoms with van der Waals surface area (Å²) >= 11 is 1.16. The maximum Gasteiger partial charge on any atom is 0.338 e. The number of methoxy groups -OCH3 is 2. The second-order valence-electron chi connectivity index (χ2n) is 9.00. The number of furan rings is 1. The number of allylic oxidation sites excluding steroid dienone is 1. The van der Waals surface area contributed by atoms with Gasteiger partial charge >= 0.3 is 11.9 Å². The number of nitrogens with zero attached hydrogens (tertiary/aromatic N) is 2. The van der Waals surface area contributed by atoms with Crippen molar-refractivity contribution in [2.24, 2.45) is 4.99 Å². The number of hydrogen-bond donors (Lipinski definition) is 1. The summed E-state index contributed by atoms with van der Waals surface area (Å²) in [5, 5.41) is 9.30. The van der Waals surface area contributed by atoms with Crippen molar-refractivity contribution in [1.82, 2.24) is 4.57 Å². The molecule has 0 saturated carbocycles. The Morgan fingerprint density at radius 3 is 2.59 bits per heavy atom. The number of thiazole rings is 1. The standard InChI is InChI=1S/C30H26N2O8S/c1-5-39-29(36)25-16(2)31-30-32(26(25)18-9-11-22(37-3)23(14-18)38-4)27(33)24(41-30)15-20-10-12-21(40-20)17-7-6-8-19(13-17)28(34)35/h6-15,26H,5H2,1-4H3,(H,34,35)/b24-15-/t26-/m1/s1. The van der Waals surface area contributed by atoms with E-state index in [4.69, 9.17) is 18.6 Å². The SMILES string of the molecule is CCOC(=O)C1=C(C)N=c2s/c(=C\c3ccc(-c4cccc(C(=O)O)c4)o3)c(=O)n2[C@@H]1c1ccc(OC)c(OC)c1. The van der Waals surface area contributed by atoms with Crippen molar-refractivity contribution in [3.05, 3.63) is 102 Å². The molecule has 0 amide bonds. The van der Waals surface area contributed by atoms with E-state index in [0.29, 0.717) is 49.2 Å². The predicted molar refractivity (Wildman–Crippen MR) is 151 cm³/mol. The smallest absolute Gasteiger partial charge is 0.338 e. The number of ether oxygens (including phenoxy) is 3. The lowest BCUT2D eigenvalue weighted by atomic mass is 9.95. The molecule has 11 heteroatoms. The predicted octanol–water partition coefficient (Wildman–Crippen LogP) is 3.77. The van der Waals surface area contributed by atoms with Gasteiger partial charge in [-0.3, -0.25) is 9.36 Å². The highest BCUT2D eigenvalue weighted by Gasteiger charge is 2.34. The van der Waals surface area contributed by atoms with Crippen LogP contribution in [0.25, 0.3) is 17.4 Å². The van der Waals surface area contributed by atoms with Crippen LogP contribution in [-0.2, 0) is 9.53 Å². The van der Waals surface area contributed by atoms with Crippen LogP contribution in [0.3, 0.4) is 0 Å². The molecule has 10 nitrogen and oxygen atoms in total. The number of carbonyl (C=O) groups excluding carboxylic acids is 1. The normalized spacial score (nSPS) is 14.8. The third-order valence-corrected chi connectivity index (χ3v) is 7.52. The molecule has 5 rings (SSSR count). The Hall–Kier alpha value is -4.90. The molecule has 0 spiro atoms. The van der Waals surface area contributed by atoms with E-state index in [1.54, 1.807) is 62.4 Å². The molecule has 0 bridgehead atoms. The number of aromatic carboxylic acids is 1. The maximum absolute atomic E-state index is 13.9. The fraction of sp³-hybridized carbons (Fsp3) is 0.200. The van der Waals surface area contributed by atoms with E-state index in [-0.39, 0.29) is 23.3 Å². The highest BCUT2D eigenvalue weighted by molar-refractivity contribution is 7.07. The van der Waals surface area contributed by atoms with Gasteiger partial charge in [0, 0.05) is 11.6 Å². The van der Waals surface area contributed by atoms with Crippen LogP contribution >= 0.6 is 11.3 Å². The lowest BCUT2D eigenvalue weighted by Crippen LogP contribution is -2.39. The molecular weight excluding hydrogens is 548 g/mol. The van der Waals surface area contributed by atoms with E-state index >= 15 is 0 Å². The number of benzene rings is 2. The van der Waals surface area contributed by atoms with Crippen molar-refractivity contribution in [3.8, 4) is 22.8 Å². The van der Waals surface area contributed by atoms with Crippen LogP contribution in [0, 0.1) is 0 Å². The molecule has 2 aromatic heterocycles. The summed E-state index contributed by atoms with van der Waals surface area (Å²) in [6.07, 6.45) is 1.60. The molecule has 1 N–H and O–H groups in total. The van der Waals surface area contributed by atoms with E-state index in [1.165, 1.54) is 30.9 Å². The lowest BCUT2D eigenvalue weighted by molar-refractivity contribution is -0.139. The summed E-state index contributed by atoms with van der Waals surface area (Å²) < 4.78 is 23.9. The summed E-state index contributed by atoms with van der Waals surface area (Å²) in [7, 11) is 3.04. The molecule has 2 aromatic carbocycles. The average Bonchev–Trinajstić information content (AvgIpc) is 3.56. The maximum atomic E-state index is 13.9. The van der Waals surface area contributed by atoms with Crippen LogP contribution in [-0.4, -0.2) is 42.4 Å². The van der Waals surface area contributed by atoms with Crippen molar-refractivity contribution in [3.63, 3.8) is 0 Å². The zero-order chi connectivity index (χ0) is 29.3. The van der Waals surface area contributed by atoms with E-state index in [0.717, 1.165) is 11.3 Å². The second kappa shape index (κ2) is 11.3. The summed E-state index contributed by atoms with van der Waals surface area (Å²) in [5.41, 5.74) is 1.66. The number of hydrogen-bond acceptors (Lipinski definition) is 9. The molecule has 4 aromatic rings. The van der Waals surface area contributed by atoms with Crippen LogP contribution in [0.1, 0.15) is 41.6 Å². The van der Waals surface area contributed by atoms with Gasteiger partial charge in [-0.05, 0) is 55.8 Å². The number of esters is 1. The van der Waals surface area contributed by atoms with Gasteiger partial charge in [-0.25, -0.2) is 14.6 Å². The van der Waals surface area contributed by atoms with Crippen molar-refractivity contribution in [2.75, 3.05) is 20.8 Å². The zero-order valence-electron chi connectivity index (χ0n) is 22.7. The van der Waals surface area contributed by atoms with Crippen molar-refractivity contribution < 1.29 is 33.3 Å². The molecule has 0 aliphatic carbocycles. The second-order valence-corrected chi connectivity index (χ2v) is 10.0. The van der Waals surface area contributed by atoms with Gasteiger partial charge in [0.15, 0.2) is 16.3 Å². The van der Waals surface area contributed by atoms with Gasteiger partial charge in [0.2, 0.25) is 0 Å². The Balaban J connectivity index is 1.64. The number of carboxylic acid groups (broad SMARTS) is 1. The van der Waals surface area contributed by atoms with E-state index in [1.807, 2.05) is 0 Å². The number of carboxylic acids is 1. The van der Waals surface area contributed by atoms with Crippen LogP contribution in [0.4, 0.5) is 0 Å². The van der Waals surface area contributed by atoms with Crippen molar-refractivity contribution in [1.29, 1.82) is 0 Å². The first-order chi connectivity index (χ1) is 19.7. The largest absolute Gasteiger partial charge is 0.493 e. The third-order valence-electron chi connectivity index (χ3n) is 6.53. The molecule has 0 radical (unpaired) electrons. The highest BCUT2D eigenvalue weighted by atomic mass is 32.1. The first kappa shape index (κ1) is 27.7. The van der Waals surface area contributed by atoms with Crippen LogP contribution < -0.4 is 24.4 Å². The van der Waals surface area contributed by atoms with Crippen LogP contribution in [0.15, 0.2) is 80.1 Å². The Bertz CT molecular complexity index is 1880. The minimum Gasteiger partial charge on any atom is -0.493 e. The summed E-state index contributed by atoms with van der Waals surface area (Å²) in [6.45, 7) is 3.58. The van der Waals surface area contributed by atoms with Crippen LogP contribution in [0.5, 0.6) is 11.5 Å². The van der Waals surface area contributed by atoms with E-state index < -0.39 is 18.0 Å². The third kappa shape index (κ3) is 5.19. The minimum atomic E-state index is -1.04. The van der Waals surface area contributed by atoms with Gasteiger partial charge in [-0.1, -0.05) is 29.5 Å². The topological polar surface area (TPSA) is 130 Å². The Kier molecular flexibility index (Phi) is 7.62.